The first kappa shape index (κ1) is 18.5. The third-order valence-corrected chi connectivity index (χ3v) is 5.07. The zero-order valence-electron chi connectivity index (χ0n) is 14.6. The Hall–Kier alpha value is -2.31. The van der Waals surface area contributed by atoms with Gasteiger partial charge in [0.25, 0.3) is 5.91 Å². The van der Waals surface area contributed by atoms with Crippen LogP contribution in [0.4, 0.5) is 5.69 Å². The molecule has 2 aromatic rings. The first-order chi connectivity index (χ1) is 12.6. The van der Waals surface area contributed by atoms with E-state index in [9.17, 15) is 4.79 Å². The van der Waals surface area contributed by atoms with Crippen LogP contribution in [-0.4, -0.2) is 23.9 Å². The number of carbonyl (C=O) groups is 1. The Morgan fingerprint density at radius 1 is 1.15 bits per heavy atom. The summed E-state index contributed by atoms with van der Waals surface area (Å²) < 4.78 is 11.4. The summed E-state index contributed by atoms with van der Waals surface area (Å²) in [6.07, 6.45) is 2.81. The van der Waals surface area contributed by atoms with E-state index in [-0.39, 0.29) is 5.91 Å². The summed E-state index contributed by atoms with van der Waals surface area (Å²) >= 11 is 6.71. The van der Waals surface area contributed by atoms with E-state index in [1.165, 1.54) is 16.7 Å². The lowest BCUT2D eigenvalue weighted by Gasteiger charge is -2.17. The molecule has 0 radical (unpaired) electrons. The van der Waals surface area contributed by atoms with Gasteiger partial charge in [0.1, 0.15) is 11.5 Å². The van der Waals surface area contributed by atoms with E-state index in [0.29, 0.717) is 27.3 Å². The van der Waals surface area contributed by atoms with Gasteiger partial charge in [-0.3, -0.25) is 9.69 Å². The van der Waals surface area contributed by atoms with Gasteiger partial charge in [0.05, 0.1) is 24.3 Å². The number of anilines is 1. The molecule has 1 saturated heterocycles. The number of para-hydroxylation sites is 2. The number of thioether (sulfide) groups is 1. The number of nitrogens with zero attached hydrogens (tertiary/aromatic N) is 1. The molecule has 0 saturated carbocycles. The van der Waals surface area contributed by atoms with E-state index in [1.807, 2.05) is 54.6 Å². The zero-order valence-corrected chi connectivity index (χ0v) is 16.2. The molecule has 0 spiro atoms. The fourth-order valence-electron chi connectivity index (χ4n) is 2.52. The smallest absolute Gasteiger partial charge is 0.270 e. The molecule has 1 aliphatic rings. The number of hydrogen-bond donors (Lipinski definition) is 0. The molecule has 0 aromatic heterocycles. The number of ether oxygens (including phenoxy) is 2. The second kappa shape index (κ2) is 8.38. The van der Waals surface area contributed by atoms with Gasteiger partial charge >= 0.3 is 0 Å². The van der Waals surface area contributed by atoms with Crippen LogP contribution in [0.15, 0.2) is 53.4 Å². The van der Waals surface area contributed by atoms with Crippen molar-refractivity contribution in [3.05, 3.63) is 59.0 Å². The third kappa shape index (κ3) is 3.92. The van der Waals surface area contributed by atoms with E-state index in [2.05, 4.69) is 6.92 Å². The Morgan fingerprint density at radius 3 is 2.58 bits per heavy atom. The van der Waals surface area contributed by atoms with Crippen LogP contribution < -0.4 is 14.4 Å². The zero-order chi connectivity index (χ0) is 18.5. The molecular formula is C20H19NO3S2. The molecule has 0 unspecified atom stereocenters. The summed E-state index contributed by atoms with van der Waals surface area (Å²) in [5.74, 6) is 1.30. The van der Waals surface area contributed by atoms with Gasteiger partial charge in [0, 0.05) is 0 Å². The van der Waals surface area contributed by atoms with Crippen molar-refractivity contribution in [2.75, 3.05) is 18.6 Å². The number of rotatable bonds is 6. The number of amides is 1. The molecule has 134 valence electrons. The molecule has 3 rings (SSSR count). The van der Waals surface area contributed by atoms with Gasteiger partial charge in [-0.25, -0.2) is 0 Å². The predicted molar refractivity (Wildman–Crippen MR) is 111 cm³/mol. The highest BCUT2D eigenvalue weighted by molar-refractivity contribution is 8.27. The highest BCUT2D eigenvalue weighted by Gasteiger charge is 2.34. The van der Waals surface area contributed by atoms with Crippen LogP contribution in [0.25, 0.3) is 6.08 Å². The highest BCUT2D eigenvalue weighted by Crippen LogP contribution is 2.39. The first-order valence-corrected chi connectivity index (χ1v) is 9.50. The van der Waals surface area contributed by atoms with Gasteiger partial charge in [0.2, 0.25) is 0 Å². The monoisotopic (exact) mass is 385 g/mol. The van der Waals surface area contributed by atoms with Crippen molar-refractivity contribution < 1.29 is 14.3 Å². The number of methoxy groups -OCH3 is 1. The molecule has 26 heavy (non-hydrogen) atoms. The van der Waals surface area contributed by atoms with Crippen LogP contribution in [0.2, 0.25) is 0 Å². The van der Waals surface area contributed by atoms with E-state index in [1.54, 1.807) is 7.11 Å². The van der Waals surface area contributed by atoms with Gasteiger partial charge in [-0.1, -0.05) is 55.2 Å². The molecule has 0 atom stereocenters. The molecular weight excluding hydrogens is 366 g/mol. The maximum atomic E-state index is 12.9. The van der Waals surface area contributed by atoms with E-state index >= 15 is 0 Å². The molecule has 1 fully saturated rings. The SMILES string of the molecule is CCCOc1ccc(/C=C2\SC(=S)N(c3ccccc3OC)C2=O)cc1. The Morgan fingerprint density at radius 2 is 1.88 bits per heavy atom. The number of thiocarbonyl (C=S) groups is 1. The van der Waals surface area contributed by atoms with Crippen molar-refractivity contribution >= 4 is 46.0 Å². The minimum Gasteiger partial charge on any atom is -0.495 e. The summed E-state index contributed by atoms with van der Waals surface area (Å²) in [5, 5.41) is 0. The molecule has 1 amide bonds. The van der Waals surface area contributed by atoms with Gasteiger partial charge < -0.3 is 9.47 Å². The molecule has 6 heteroatoms. The van der Waals surface area contributed by atoms with Crippen LogP contribution in [0.5, 0.6) is 11.5 Å². The molecule has 1 heterocycles. The van der Waals surface area contributed by atoms with Gasteiger partial charge in [-0.05, 0) is 42.3 Å². The lowest BCUT2D eigenvalue weighted by Crippen LogP contribution is -2.27. The second-order valence-corrected chi connectivity index (χ2v) is 7.28. The molecule has 0 bridgehead atoms. The summed E-state index contributed by atoms with van der Waals surface area (Å²) in [7, 11) is 1.58. The minimum absolute atomic E-state index is 0.143. The average molecular weight is 386 g/mol. The number of carbonyl (C=O) groups excluding carboxylic acids is 1. The van der Waals surface area contributed by atoms with Crippen LogP contribution >= 0.6 is 24.0 Å². The van der Waals surface area contributed by atoms with Crippen molar-refractivity contribution in [2.45, 2.75) is 13.3 Å². The Balaban J connectivity index is 1.83. The number of benzene rings is 2. The van der Waals surface area contributed by atoms with Crippen LogP contribution in [0, 0.1) is 0 Å². The van der Waals surface area contributed by atoms with Gasteiger partial charge in [0.15, 0.2) is 4.32 Å². The van der Waals surface area contributed by atoms with Crippen molar-refractivity contribution in [3.63, 3.8) is 0 Å². The first-order valence-electron chi connectivity index (χ1n) is 8.28. The van der Waals surface area contributed by atoms with Gasteiger partial charge in [-0.15, -0.1) is 0 Å². The van der Waals surface area contributed by atoms with Crippen LogP contribution in [0.3, 0.4) is 0 Å². The van der Waals surface area contributed by atoms with Crippen molar-refractivity contribution in [1.29, 1.82) is 0 Å². The van der Waals surface area contributed by atoms with E-state index in [4.69, 9.17) is 21.7 Å². The molecule has 2 aromatic carbocycles. The van der Waals surface area contributed by atoms with E-state index in [0.717, 1.165) is 17.7 Å². The quantitative estimate of drug-likeness (QED) is 0.523. The maximum absolute atomic E-state index is 12.9. The van der Waals surface area contributed by atoms with Crippen molar-refractivity contribution in [2.24, 2.45) is 0 Å². The summed E-state index contributed by atoms with van der Waals surface area (Å²) in [6, 6.07) is 15.0. The highest BCUT2D eigenvalue weighted by atomic mass is 32.2. The molecule has 1 aliphatic heterocycles. The predicted octanol–water partition coefficient (Wildman–Crippen LogP) is 4.89. The topological polar surface area (TPSA) is 38.8 Å². The lowest BCUT2D eigenvalue weighted by atomic mass is 10.2. The standard InChI is InChI=1S/C20H19NO3S2/c1-3-12-24-15-10-8-14(9-11-15)13-18-19(22)21(20(25)26-18)16-6-4-5-7-17(16)23-2/h4-11,13H,3,12H2,1-2H3/b18-13-. The largest absolute Gasteiger partial charge is 0.495 e. The lowest BCUT2D eigenvalue weighted by molar-refractivity contribution is -0.113. The Kier molecular flexibility index (Phi) is 5.96. The van der Waals surface area contributed by atoms with Gasteiger partial charge in [-0.2, -0.15) is 0 Å². The average Bonchev–Trinajstić information content (AvgIpc) is 2.94. The minimum atomic E-state index is -0.143. The normalized spacial score (nSPS) is 15.6. The molecule has 0 N–H and O–H groups in total. The third-order valence-electron chi connectivity index (χ3n) is 3.77. The fourth-order valence-corrected chi connectivity index (χ4v) is 3.81. The molecule has 4 nitrogen and oxygen atoms in total. The fraction of sp³-hybridized carbons (Fsp3) is 0.200. The Bertz CT molecular complexity index is 846. The van der Waals surface area contributed by atoms with E-state index < -0.39 is 0 Å². The molecule has 0 aliphatic carbocycles. The van der Waals surface area contributed by atoms with Crippen LogP contribution in [-0.2, 0) is 4.79 Å². The Labute approximate surface area is 162 Å². The summed E-state index contributed by atoms with van der Waals surface area (Å²) in [4.78, 5) is 15.0. The number of hydrogen-bond acceptors (Lipinski definition) is 5. The van der Waals surface area contributed by atoms with Crippen LogP contribution in [0.1, 0.15) is 18.9 Å². The van der Waals surface area contributed by atoms with Crippen molar-refractivity contribution in [3.8, 4) is 11.5 Å². The maximum Gasteiger partial charge on any atom is 0.270 e. The van der Waals surface area contributed by atoms with Crippen molar-refractivity contribution in [1.82, 2.24) is 0 Å². The second-order valence-electron chi connectivity index (χ2n) is 5.61. The summed E-state index contributed by atoms with van der Waals surface area (Å²) in [5.41, 5.74) is 1.58. The summed E-state index contributed by atoms with van der Waals surface area (Å²) in [6.45, 7) is 2.76.